The van der Waals surface area contributed by atoms with Gasteiger partial charge in [-0.25, -0.2) is 0 Å². The average Bonchev–Trinajstić information content (AvgIpc) is 3.23. The van der Waals surface area contributed by atoms with Crippen LogP contribution < -0.4 is 9.47 Å². The second-order valence-electron chi connectivity index (χ2n) is 6.08. The van der Waals surface area contributed by atoms with Crippen LogP contribution in [0.1, 0.15) is 21.7 Å². The van der Waals surface area contributed by atoms with Crippen LogP contribution in [-0.2, 0) is 13.0 Å². The quantitative estimate of drug-likeness (QED) is 0.601. The lowest BCUT2D eigenvalue weighted by atomic mass is 10.1. The van der Waals surface area contributed by atoms with Crippen molar-refractivity contribution in [3.8, 4) is 11.5 Å². The number of amides is 1. The number of hydrogen-bond donors (Lipinski definition) is 0. The van der Waals surface area contributed by atoms with Crippen LogP contribution >= 0.6 is 0 Å². The smallest absolute Gasteiger partial charge is 0.261 e. The van der Waals surface area contributed by atoms with Gasteiger partial charge in [-0.3, -0.25) is 4.79 Å². The van der Waals surface area contributed by atoms with Gasteiger partial charge in [0.1, 0.15) is 22.8 Å². The van der Waals surface area contributed by atoms with Gasteiger partial charge < -0.3 is 18.8 Å². The summed E-state index contributed by atoms with van der Waals surface area (Å²) in [5, 5.41) is 0. The predicted octanol–water partition coefficient (Wildman–Crippen LogP) is 4.18. The molecule has 1 amide bonds. The molecule has 0 bridgehead atoms. The minimum Gasteiger partial charge on any atom is -0.496 e. The molecule has 0 aliphatic heterocycles. The zero-order valence-corrected chi connectivity index (χ0v) is 15.6. The molecule has 3 rings (SSSR count). The Morgan fingerprint density at radius 1 is 0.926 bits per heavy atom. The van der Waals surface area contributed by atoms with Crippen molar-refractivity contribution in [1.82, 2.24) is 4.90 Å². The Labute approximate surface area is 159 Å². The van der Waals surface area contributed by atoms with E-state index >= 15 is 0 Å². The van der Waals surface area contributed by atoms with E-state index < -0.39 is 0 Å². The molecule has 0 aliphatic carbocycles. The van der Waals surface area contributed by atoms with Crippen LogP contribution in [0.15, 0.2) is 71.3 Å². The Balaban J connectivity index is 1.88. The second kappa shape index (κ2) is 8.94. The van der Waals surface area contributed by atoms with Crippen molar-refractivity contribution in [3.05, 3.63) is 83.8 Å². The number of benzene rings is 2. The van der Waals surface area contributed by atoms with Crippen LogP contribution in [0, 0.1) is 0 Å². The Morgan fingerprint density at radius 3 is 2.22 bits per heavy atom. The lowest BCUT2D eigenvalue weighted by Crippen LogP contribution is -2.33. The predicted molar refractivity (Wildman–Crippen MR) is 103 cm³/mol. The maximum atomic E-state index is 13.4. The fraction of sp³-hybridized carbons (Fsp3) is 0.227. The number of furan rings is 1. The summed E-state index contributed by atoms with van der Waals surface area (Å²) in [6, 6.07) is 19.1. The molecule has 1 aromatic heterocycles. The fourth-order valence-electron chi connectivity index (χ4n) is 2.97. The summed E-state index contributed by atoms with van der Waals surface area (Å²) >= 11 is 0. The molecule has 5 nitrogen and oxygen atoms in total. The van der Waals surface area contributed by atoms with E-state index in [0.717, 1.165) is 12.2 Å². The normalized spacial score (nSPS) is 10.4. The van der Waals surface area contributed by atoms with Gasteiger partial charge in [-0.2, -0.15) is 0 Å². The van der Waals surface area contributed by atoms with Crippen LogP contribution in [0.3, 0.4) is 0 Å². The van der Waals surface area contributed by atoms with Gasteiger partial charge in [0.2, 0.25) is 0 Å². The van der Waals surface area contributed by atoms with Gasteiger partial charge in [-0.1, -0.05) is 36.4 Å². The molecule has 0 saturated carbocycles. The lowest BCUT2D eigenvalue weighted by molar-refractivity contribution is 0.0726. The SMILES string of the molecule is COc1cccc(OC)c1C(=O)N(CCc1ccccc1)Cc1ccco1. The van der Waals surface area contributed by atoms with Crippen molar-refractivity contribution in [2.24, 2.45) is 0 Å². The summed E-state index contributed by atoms with van der Waals surface area (Å²) in [5.41, 5.74) is 1.59. The van der Waals surface area contributed by atoms with E-state index in [1.165, 1.54) is 5.56 Å². The summed E-state index contributed by atoms with van der Waals surface area (Å²) < 4.78 is 16.3. The molecule has 5 heteroatoms. The van der Waals surface area contributed by atoms with Gasteiger partial charge in [-0.05, 0) is 36.2 Å². The molecular formula is C22H23NO4. The first kappa shape index (κ1) is 18.6. The number of carbonyl (C=O) groups excluding carboxylic acids is 1. The number of hydrogen-bond acceptors (Lipinski definition) is 4. The van der Waals surface area contributed by atoms with Gasteiger partial charge in [0.25, 0.3) is 5.91 Å². The second-order valence-corrected chi connectivity index (χ2v) is 6.08. The summed E-state index contributed by atoms with van der Waals surface area (Å²) in [7, 11) is 3.10. The van der Waals surface area contributed by atoms with E-state index in [1.54, 1.807) is 43.6 Å². The number of nitrogens with zero attached hydrogens (tertiary/aromatic N) is 1. The first-order valence-electron chi connectivity index (χ1n) is 8.79. The Hall–Kier alpha value is -3.21. The van der Waals surface area contributed by atoms with Crippen LogP contribution in [-0.4, -0.2) is 31.6 Å². The fourth-order valence-corrected chi connectivity index (χ4v) is 2.97. The Bertz CT molecular complexity index is 837. The number of carbonyl (C=O) groups is 1. The van der Waals surface area contributed by atoms with Crippen molar-refractivity contribution in [2.45, 2.75) is 13.0 Å². The first-order chi connectivity index (χ1) is 13.2. The van der Waals surface area contributed by atoms with Gasteiger partial charge >= 0.3 is 0 Å². The standard InChI is InChI=1S/C22H23NO4/c1-25-19-11-6-12-20(26-2)21(19)22(24)23(16-18-10-7-15-27-18)14-13-17-8-4-3-5-9-17/h3-12,15H,13-14,16H2,1-2H3. The van der Waals surface area contributed by atoms with Crippen LogP contribution in [0.25, 0.3) is 0 Å². The van der Waals surface area contributed by atoms with Crippen molar-refractivity contribution >= 4 is 5.91 Å². The average molecular weight is 365 g/mol. The molecule has 0 spiro atoms. The number of rotatable bonds is 8. The van der Waals surface area contributed by atoms with E-state index in [0.29, 0.717) is 30.2 Å². The molecule has 0 aliphatic rings. The highest BCUT2D eigenvalue weighted by Crippen LogP contribution is 2.30. The molecule has 0 unspecified atom stereocenters. The summed E-state index contributed by atoms with van der Waals surface area (Å²) in [6.07, 6.45) is 2.35. The third kappa shape index (κ3) is 4.50. The summed E-state index contributed by atoms with van der Waals surface area (Å²) in [5.74, 6) is 1.55. The monoisotopic (exact) mass is 365 g/mol. The maximum Gasteiger partial charge on any atom is 0.261 e. The molecule has 2 aromatic carbocycles. The van der Waals surface area contributed by atoms with E-state index in [2.05, 4.69) is 12.1 Å². The van der Waals surface area contributed by atoms with E-state index in [9.17, 15) is 4.79 Å². The molecule has 140 valence electrons. The third-order valence-corrected chi connectivity index (χ3v) is 4.37. The topological polar surface area (TPSA) is 51.9 Å². The number of ether oxygens (including phenoxy) is 2. The van der Waals surface area contributed by atoms with E-state index in [-0.39, 0.29) is 5.91 Å². The van der Waals surface area contributed by atoms with Crippen LogP contribution in [0.4, 0.5) is 0 Å². The summed E-state index contributed by atoms with van der Waals surface area (Å²) in [4.78, 5) is 15.1. The van der Waals surface area contributed by atoms with E-state index in [1.807, 2.05) is 30.3 Å². The van der Waals surface area contributed by atoms with Crippen LogP contribution in [0.5, 0.6) is 11.5 Å². The van der Waals surface area contributed by atoms with Crippen molar-refractivity contribution < 1.29 is 18.7 Å². The largest absolute Gasteiger partial charge is 0.496 e. The lowest BCUT2D eigenvalue weighted by Gasteiger charge is -2.24. The first-order valence-corrected chi connectivity index (χ1v) is 8.79. The Morgan fingerprint density at radius 2 is 1.63 bits per heavy atom. The highest BCUT2D eigenvalue weighted by atomic mass is 16.5. The minimum absolute atomic E-state index is 0.156. The summed E-state index contributed by atoms with van der Waals surface area (Å²) in [6.45, 7) is 0.921. The molecule has 0 fully saturated rings. The van der Waals surface area contributed by atoms with E-state index in [4.69, 9.17) is 13.9 Å². The Kier molecular flexibility index (Phi) is 6.15. The molecule has 0 N–H and O–H groups in total. The molecule has 1 heterocycles. The van der Waals surface area contributed by atoms with Gasteiger partial charge in [0, 0.05) is 6.54 Å². The molecule has 0 atom stereocenters. The van der Waals surface area contributed by atoms with Crippen LogP contribution in [0.2, 0.25) is 0 Å². The zero-order chi connectivity index (χ0) is 19.1. The van der Waals surface area contributed by atoms with Crippen molar-refractivity contribution in [1.29, 1.82) is 0 Å². The molecule has 0 radical (unpaired) electrons. The van der Waals surface area contributed by atoms with Gasteiger partial charge in [0.05, 0.1) is 27.0 Å². The third-order valence-electron chi connectivity index (χ3n) is 4.37. The molecular weight excluding hydrogens is 342 g/mol. The molecule has 3 aromatic rings. The van der Waals surface area contributed by atoms with Gasteiger partial charge in [-0.15, -0.1) is 0 Å². The molecule has 0 saturated heterocycles. The molecule has 27 heavy (non-hydrogen) atoms. The maximum absolute atomic E-state index is 13.4. The number of methoxy groups -OCH3 is 2. The minimum atomic E-state index is -0.156. The van der Waals surface area contributed by atoms with Crippen molar-refractivity contribution in [2.75, 3.05) is 20.8 Å². The van der Waals surface area contributed by atoms with Gasteiger partial charge in [0.15, 0.2) is 0 Å². The van der Waals surface area contributed by atoms with Crippen molar-refractivity contribution in [3.63, 3.8) is 0 Å². The highest BCUT2D eigenvalue weighted by Gasteiger charge is 2.24. The zero-order valence-electron chi connectivity index (χ0n) is 15.6. The highest BCUT2D eigenvalue weighted by molar-refractivity contribution is 5.99.